The second-order valence-corrected chi connectivity index (χ2v) is 9.02. The third-order valence-corrected chi connectivity index (χ3v) is 7.15. The molecule has 1 aromatic heterocycles. The lowest BCUT2D eigenvalue weighted by Crippen LogP contribution is -2.27. The van der Waals surface area contributed by atoms with Crippen molar-refractivity contribution >= 4 is 32.5 Å². The molecule has 0 radical (unpaired) electrons. The Kier molecular flexibility index (Phi) is 5.40. The van der Waals surface area contributed by atoms with E-state index in [2.05, 4.69) is 10.2 Å². The molecule has 0 unspecified atom stereocenters. The van der Waals surface area contributed by atoms with Gasteiger partial charge in [0.25, 0.3) is 5.91 Å². The minimum Gasteiger partial charge on any atom is -0.493 e. The summed E-state index contributed by atoms with van der Waals surface area (Å²) in [7, 11) is -3.63. The molecule has 1 amide bonds. The van der Waals surface area contributed by atoms with Crippen LogP contribution in [0.25, 0.3) is 10.9 Å². The lowest BCUT2D eigenvalue weighted by molar-refractivity contribution is 0.0995. The molecule has 2 heterocycles. The monoisotopic (exact) mass is 426 g/mol. The molecule has 156 valence electrons. The highest BCUT2D eigenvalue weighted by molar-refractivity contribution is 7.89. The molecule has 1 saturated heterocycles. The Morgan fingerprint density at radius 1 is 1.10 bits per heavy atom. The fourth-order valence-corrected chi connectivity index (χ4v) is 5.27. The van der Waals surface area contributed by atoms with Gasteiger partial charge in [-0.25, -0.2) is 8.42 Å². The van der Waals surface area contributed by atoms with Crippen molar-refractivity contribution < 1.29 is 18.3 Å². The van der Waals surface area contributed by atoms with E-state index < -0.39 is 15.9 Å². The first-order valence-electron chi connectivity index (χ1n) is 9.80. The number of aromatic nitrogens is 1. The highest BCUT2D eigenvalue weighted by atomic mass is 32.2. The number of carbonyl (C=O) groups is 1. The predicted molar refractivity (Wildman–Crippen MR) is 113 cm³/mol. The molecule has 0 saturated carbocycles. The topological polar surface area (TPSA) is 104 Å². The SMILES string of the molecule is CCn1c(O)c(N=NC(=O)c2cccc(S(=O)(=O)N3CCCC3)c2)c2ccccc21. The maximum atomic E-state index is 12.7. The van der Waals surface area contributed by atoms with Crippen LogP contribution >= 0.6 is 0 Å². The number of rotatable bonds is 5. The minimum atomic E-state index is -3.63. The van der Waals surface area contributed by atoms with Crippen LogP contribution < -0.4 is 0 Å². The Morgan fingerprint density at radius 2 is 1.83 bits per heavy atom. The Labute approximate surface area is 174 Å². The standard InChI is InChI=1S/C21H22N4O4S/c1-2-25-18-11-4-3-10-17(18)19(21(25)27)22-23-20(26)15-8-7-9-16(14-15)30(28,29)24-12-5-6-13-24/h3-4,7-11,14,27H,2,5-6,12-13H2,1H3. The first-order chi connectivity index (χ1) is 14.4. The largest absolute Gasteiger partial charge is 0.493 e. The zero-order valence-electron chi connectivity index (χ0n) is 16.5. The van der Waals surface area contributed by atoms with E-state index in [1.807, 2.05) is 25.1 Å². The van der Waals surface area contributed by atoms with Crippen molar-refractivity contribution in [1.82, 2.24) is 8.87 Å². The number of hydrogen-bond acceptors (Lipinski definition) is 5. The van der Waals surface area contributed by atoms with Crippen molar-refractivity contribution in [2.24, 2.45) is 10.2 Å². The van der Waals surface area contributed by atoms with Gasteiger partial charge in [0.05, 0.1) is 10.4 Å². The molecule has 2 aromatic carbocycles. The predicted octanol–water partition coefficient (Wildman–Crippen LogP) is 4.08. The van der Waals surface area contributed by atoms with E-state index in [-0.39, 0.29) is 22.0 Å². The van der Waals surface area contributed by atoms with Gasteiger partial charge in [-0.15, -0.1) is 10.2 Å². The second-order valence-electron chi connectivity index (χ2n) is 7.08. The molecular formula is C21H22N4O4S. The molecule has 4 rings (SSSR count). The fourth-order valence-electron chi connectivity index (χ4n) is 3.71. The molecule has 9 heteroatoms. The second kappa shape index (κ2) is 8.00. The average molecular weight is 426 g/mol. The first kappa shape index (κ1) is 20.2. The zero-order chi connectivity index (χ0) is 21.3. The zero-order valence-corrected chi connectivity index (χ0v) is 17.3. The number of nitrogens with zero attached hydrogens (tertiary/aromatic N) is 4. The number of aromatic hydroxyl groups is 1. The van der Waals surface area contributed by atoms with Gasteiger partial charge >= 0.3 is 0 Å². The summed E-state index contributed by atoms with van der Waals surface area (Å²) in [6.07, 6.45) is 1.67. The van der Waals surface area contributed by atoms with Gasteiger partial charge in [0, 0.05) is 30.6 Å². The molecule has 0 bridgehead atoms. The van der Waals surface area contributed by atoms with Crippen LogP contribution in [-0.2, 0) is 16.6 Å². The van der Waals surface area contributed by atoms with Crippen molar-refractivity contribution in [3.8, 4) is 5.88 Å². The highest BCUT2D eigenvalue weighted by Gasteiger charge is 2.27. The summed E-state index contributed by atoms with van der Waals surface area (Å²) in [5.41, 5.74) is 1.12. The third-order valence-electron chi connectivity index (χ3n) is 5.26. The molecular weight excluding hydrogens is 404 g/mol. The average Bonchev–Trinajstić information content (AvgIpc) is 3.39. The molecule has 1 fully saturated rings. The van der Waals surface area contributed by atoms with Gasteiger partial charge in [-0.05, 0) is 44.0 Å². The van der Waals surface area contributed by atoms with Gasteiger partial charge in [-0.2, -0.15) is 4.31 Å². The maximum absolute atomic E-state index is 12.7. The summed E-state index contributed by atoms with van der Waals surface area (Å²) in [4.78, 5) is 12.7. The van der Waals surface area contributed by atoms with Crippen molar-refractivity contribution in [2.75, 3.05) is 13.1 Å². The van der Waals surface area contributed by atoms with Gasteiger partial charge in [-0.3, -0.25) is 4.79 Å². The van der Waals surface area contributed by atoms with E-state index in [1.165, 1.54) is 28.6 Å². The number of sulfonamides is 1. The first-order valence-corrected chi connectivity index (χ1v) is 11.2. The Bertz CT molecular complexity index is 1240. The maximum Gasteiger partial charge on any atom is 0.295 e. The van der Waals surface area contributed by atoms with Crippen LogP contribution in [0.1, 0.15) is 30.1 Å². The molecule has 0 aliphatic carbocycles. The van der Waals surface area contributed by atoms with Gasteiger partial charge in [0.1, 0.15) is 0 Å². The molecule has 0 spiro atoms. The Balaban J connectivity index is 1.65. The molecule has 1 aliphatic rings. The van der Waals surface area contributed by atoms with Crippen LogP contribution in [0, 0.1) is 0 Å². The van der Waals surface area contributed by atoms with Crippen molar-refractivity contribution in [3.05, 3.63) is 54.1 Å². The molecule has 30 heavy (non-hydrogen) atoms. The minimum absolute atomic E-state index is 0.0656. The normalized spacial score (nSPS) is 15.4. The van der Waals surface area contributed by atoms with E-state index in [0.717, 1.165) is 18.4 Å². The number of fused-ring (bicyclic) bond motifs is 1. The van der Waals surface area contributed by atoms with Crippen molar-refractivity contribution in [2.45, 2.75) is 31.2 Å². The van der Waals surface area contributed by atoms with Crippen molar-refractivity contribution in [3.63, 3.8) is 0 Å². The van der Waals surface area contributed by atoms with E-state index >= 15 is 0 Å². The number of azo groups is 1. The summed E-state index contributed by atoms with van der Waals surface area (Å²) in [6.45, 7) is 3.40. The summed E-state index contributed by atoms with van der Waals surface area (Å²) in [5.74, 6) is -0.748. The smallest absolute Gasteiger partial charge is 0.295 e. The molecule has 8 nitrogen and oxygen atoms in total. The van der Waals surface area contributed by atoms with Crippen LogP contribution in [0.2, 0.25) is 0 Å². The number of benzene rings is 2. The number of amides is 1. The number of hydrogen-bond donors (Lipinski definition) is 1. The van der Waals surface area contributed by atoms with Gasteiger partial charge in [0.2, 0.25) is 15.9 Å². The lowest BCUT2D eigenvalue weighted by atomic mass is 10.2. The molecule has 1 N–H and O–H groups in total. The van der Waals surface area contributed by atoms with Crippen LogP contribution in [0.5, 0.6) is 5.88 Å². The van der Waals surface area contributed by atoms with Gasteiger partial charge in [-0.1, -0.05) is 24.3 Å². The summed E-state index contributed by atoms with van der Waals surface area (Å²) >= 11 is 0. The van der Waals surface area contributed by atoms with Gasteiger partial charge in [0.15, 0.2) is 5.69 Å². The Morgan fingerprint density at radius 3 is 2.57 bits per heavy atom. The highest BCUT2D eigenvalue weighted by Crippen LogP contribution is 2.38. The van der Waals surface area contributed by atoms with Crippen LogP contribution in [0.15, 0.2) is 63.7 Å². The summed E-state index contributed by atoms with van der Waals surface area (Å²) in [6, 6.07) is 13.1. The molecule has 3 aromatic rings. The van der Waals surface area contributed by atoms with E-state index in [4.69, 9.17) is 0 Å². The van der Waals surface area contributed by atoms with Crippen LogP contribution in [-0.4, -0.2) is 41.4 Å². The number of para-hydroxylation sites is 1. The van der Waals surface area contributed by atoms with Crippen LogP contribution in [0.4, 0.5) is 5.69 Å². The fraction of sp³-hybridized carbons (Fsp3) is 0.286. The molecule has 0 atom stereocenters. The summed E-state index contributed by atoms with van der Waals surface area (Å²) in [5, 5.41) is 18.9. The third kappa shape index (κ3) is 3.50. The summed E-state index contributed by atoms with van der Waals surface area (Å²) < 4.78 is 28.6. The van der Waals surface area contributed by atoms with Crippen LogP contribution in [0.3, 0.4) is 0 Å². The quantitative estimate of drug-likeness (QED) is 0.621. The number of carbonyl (C=O) groups excluding carboxylic acids is 1. The molecule has 1 aliphatic heterocycles. The van der Waals surface area contributed by atoms with Gasteiger partial charge < -0.3 is 9.67 Å². The van der Waals surface area contributed by atoms with E-state index in [9.17, 15) is 18.3 Å². The van der Waals surface area contributed by atoms with E-state index in [0.29, 0.717) is 25.0 Å². The number of aryl methyl sites for hydroxylation is 1. The van der Waals surface area contributed by atoms with E-state index in [1.54, 1.807) is 10.6 Å². The van der Waals surface area contributed by atoms with Crippen molar-refractivity contribution in [1.29, 1.82) is 0 Å². The lowest BCUT2D eigenvalue weighted by Gasteiger charge is -2.15. The Hall–Kier alpha value is -3.04.